The van der Waals surface area contributed by atoms with Crippen molar-refractivity contribution in [3.63, 3.8) is 0 Å². The first-order valence-electron chi connectivity index (χ1n) is 5.07. The number of aromatic nitrogens is 3. The fraction of sp³-hybridized carbons (Fsp3) is 0.182. The third-order valence-corrected chi connectivity index (χ3v) is 2.93. The van der Waals surface area contributed by atoms with Crippen LogP contribution in [0, 0.1) is 0 Å². The van der Waals surface area contributed by atoms with Gasteiger partial charge in [-0.25, -0.2) is 4.68 Å². The summed E-state index contributed by atoms with van der Waals surface area (Å²) in [5, 5.41) is 16.3. The summed E-state index contributed by atoms with van der Waals surface area (Å²) in [7, 11) is 1.57. The summed E-state index contributed by atoms with van der Waals surface area (Å²) in [5.41, 5.74) is 1.16. The van der Waals surface area contributed by atoms with E-state index in [-0.39, 0.29) is 6.42 Å². The van der Waals surface area contributed by atoms with Gasteiger partial charge in [-0.05, 0) is 28.1 Å². The Balaban J connectivity index is 2.31. The summed E-state index contributed by atoms with van der Waals surface area (Å²) < 4.78 is 7.52. The molecule has 0 saturated heterocycles. The number of carboxylic acids is 1. The van der Waals surface area contributed by atoms with E-state index in [0.29, 0.717) is 11.4 Å². The molecule has 0 unspecified atom stereocenters. The number of hydrogen-bond acceptors (Lipinski definition) is 4. The highest BCUT2D eigenvalue weighted by Gasteiger charge is 2.08. The summed E-state index contributed by atoms with van der Waals surface area (Å²) >= 11 is 3.35. The smallest absolute Gasteiger partial charge is 0.309 e. The number of aliphatic carboxylic acids is 1. The fourth-order valence-electron chi connectivity index (χ4n) is 1.45. The van der Waals surface area contributed by atoms with E-state index in [4.69, 9.17) is 9.84 Å². The second kappa shape index (κ2) is 5.18. The molecule has 0 spiro atoms. The minimum absolute atomic E-state index is 0.145. The predicted molar refractivity (Wildman–Crippen MR) is 67.0 cm³/mol. The topological polar surface area (TPSA) is 77.2 Å². The molecule has 94 valence electrons. The van der Waals surface area contributed by atoms with Crippen molar-refractivity contribution in [3.05, 3.63) is 34.6 Å². The van der Waals surface area contributed by atoms with Crippen molar-refractivity contribution >= 4 is 21.9 Å². The molecular formula is C11H10BrN3O3. The second-order valence-corrected chi connectivity index (χ2v) is 4.40. The molecule has 7 heteroatoms. The van der Waals surface area contributed by atoms with Gasteiger partial charge in [-0.1, -0.05) is 5.21 Å². The normalized spacial score (nSPS) is 10.3. The minimum Gasteiger partial charge on any atom is -0.495 e. The van der Waals surface area contributed by atoms with Crippen LogP contribution < -0.4 is 4.74 Å². The first kappa shape index (κ1) is 12.6. The van der Waals surface area contributed by atoms with E-state index in [1.54, 1.807) is 19.4 Å². The van der Waals surface area contributed by atoms with Crippen molar-refractivity contribution in [2.75, 3.05) is 7.11 Å². The number of nitrogens with zero attached hydrogens (tertiary/aromatic N) is 3. The Hall–Kier alpha value is -1.89. The van der Waals surface area contributed by atoms with Crippen LogP contribution in [0.3, 0.4) is 0 Å². The zero-order valence-electron chi connectivity index (χ0n) is 9.50. The van der Waals surface area contributed by atoms with Crippen molar-refractivity contribution in [3.8, 4) is 11.4 Å². The average molecular weight is 312 g/mol. The molecule has 6 nitrogen and oxygen atoms in total. The second-order valence-electron chi connectivity index (χ2n) is 3.54. The third-order valence-electron chi connectivity index (χ3n) is 2.27. The molecule has 0 saturated carbocycles. The van der Waals surface area contributed by atoms with Gasteiger partial charge in [0.15, 0.2) is 0 Å². The Morgan fingerprint density at radius 2 is 2.33 bits per heavy atom. The molecule has 0 radical (unpaired) electrons. The van der Waals surface area contributed by atoms with Crippen molar-refractivity contribution < 1.29 is 14.6 Å². The molecule has 0 bridgehead atoms. The molecule has 0 aliphatic rings. The van der Waals surface area contributed by atoms with Gasteiger partial charge in [0.1, 0.15) is 5.75 Å². The lowest BCUT2D eigenvalue weighted by atomic mass is 10.3. The number of methoxy groups -OCH3 is 1. The van der Waals surface area contributed by atoms with E-state index in [1.165, 1.54) is 4.68 Å². The Kier molecular flexibility index (Phi) is 3.61. The summed E-state index contributed by atoms with van der Waals surface area (Å²) in [4.78, 5) is 10.6. The number of carboxylic acid groups (broad SMARTS) is 1. The highest BCUT2D eigenvalue weighted by molar-refractivity contribution is 9.10. The van der Waals surface area contributed by atoms with Crippen LogP contribution in [0.15, 0.2) is 28.9 Å². The van der Waals surface area contributed by atoms with Gasteiger partial charge in [-0.15, -0.1) is 5.10 Å². The zero-order chi connectivity index (χ0) is 13.1. The van der Waals surface area contributed by atoms with Gasteiger partial charge in [0, 0.05) is 6.07 Å². The molecule has 1 N–H and O–H groups in total. The van der Waals surface area contributed by atoms with Gasteiger partial charge in [0.05, 0.1) is 35.6 Å². The van der Waals surface area contributed by atoms with Crippen LogP contribution in [0.2, 0.25) is 0 Å². The Bertz CT molecular complexity index is 583. The van der Waals surface area contributed by atoms with Crippen LogP contribution in [0.1, 0.15) is 5.69 Å². The molecule has 0 fully saturated rings. The molecule has 18 heavy (non-hydrogen) atoms. The number of ether oxygens (including phenoxy) is 1. The molecule has 1 aromatic carbocycles. The molecule has 2 rings (SSSR count). The SMILES string of the molecule is COc1cc(-n2cc(CC(=O)O)nn2)ccc1Br. The summed E-state index contributed by atoms with van der Waals surface area (Å²) in [6.07, 6.45) is 1.43. The van der Waals surface area contributed by atoms with Crippen LogP contribution in [-0.2, 0) is 11.2 Å². The minimum atomic E-state index is -0.935. The highest BCUT2D eigenvalue weighted by Crippen LogP contribution is 2.26. The van der Waals surface area contributed by atoms with Gasteiger partial charge in [0.2, 0.25) is 0 Å². The molecule has 0 aliphatic heterocycles. The number of benzene rings is 1. The lowest BCUT2D eigenvalue weighted by molar-refractivity contribution is -0.136. The van der Waals surface area contributed by atoms with E-state index in [9.17, 15) is 4.79 Å². The van der Waals surface area contributed by atoms with E-state index in [2.05, 4.69) is 26.2 Å². The van der Waals surface area contributed by atoms with Crippen LogP contribution in [0.4, 0.5) is 0 Å². The summed E-state index contributed by atoms with van der Waals surface area (Å²) in [6, 6.07) is 5.43. The third kappa shape index (κ3) is 2.67. The van der Waals surface area contributed by atoms with Gasteiger partial charge in [0.25, 0.3) is 0 Å². The van der Waals surface area contributed by atoms with Crippen LogP contribution >= 0.6 is 15.9 Å². The Morgan fingerprint density at radius 1 is 1.56 bits per heavy atom. The fourth-order valence-corrected chi connectivity index (χ4v) is 1.86. The monoisotopic (exact) mass is 311 g/mol. The van der Waals surface area contributed by atoms with Gasteiger partial charge in [-0.2, -0.15) is 0 Å². The largest absolute Gasteiger partial charge is 0.495 e. The van der Waals surface area contributed by atoms with E-state index < -0.39 is 5.97 Å². The van der Waals surface area contributed by atoms with E-state index in [1.807, 2.05) is 12.1 Å². The van der Waals surface area contributed by atoms with Crippen LogP contribution in [0.25, 0.3) is 5.69 Å². The first-order valence-corrected chi connectivity index (χ1v) is 5.86. The number of carbonyl (C=O) groups is 1. The molecule has 0 aliphatic carbocycles. The average Bonchev–Trinajstić information content (AvgIpc) is 2.77. The Morgan fingerprint density at radius 3 is 3.00 bits per heavy atom. The number of halogens is 1. The highest BCUT2D eigenvalue weighted by atomic mass is 79.9. The van der Waals surface area contributed by atoms with Crippen molar-refractivity contribution in [2.45, 2.75) is 6.42 Å². The van der Waals surface area contributed by atoms with Gasteiger partial charge in [-0.3, -0.25) is 4.79 Å². The molecule has 1 heterocycles. The zero-order valence-corrected chi connectivity index (χ0v) is 11.1. The van der Waals surface area contributed by atoms with Crippen molar-refractivity contribution in [1.82, 2.24) is 15.0 Å². The molecular weight excluding hydrogens is 302 g/mol. The molecule has 1 aromatic heterocycles. The maximum absolute atomic E-state index is 10.6. The molecule has 2 aromatic rings. The number of hydrogen-bond donors (Lipinski definition) is 1. The van der Waals surface area contributed by atoms with Gasteiger partial charge < -0.3 is 9.84 Å². The van der Waals surface area contributed by atoms with E-state index in [0.717, 1.165) is 10.2 Å². The first-order chi connectivity index (χ1) is 8.60. The lowest BCUT2D eigenvalue weighted by Gasteiger charge is -2.05. The van der Waals surface area contributed by atoms with Crippen LogP contribution in [-0.4, -0.2) is 33.2 Å². The van der Waals surface area contributed by atoms with Crippen LogP contribution in [0.5, 0.6) is 5.75 Å². The maximum atomic E-state index is 10.6. The van der Waals surface area contributed by atoms with Crippen molar-refractivity contribution in [1.29, 1.82) is 0 Å². The van der Waals surface area contributed by atoms with Crippen molar-refractivity contribution in [2.24, 2.45) is 0 Å². The maximum Gasteiger partial charge on any atom is 0.309 e. The number of rotatable bonds is 4. The van der Waals surface area contributed by atoms with Gasteiger partial charge >= 0.3 is 5.97 Å². The van der Waals surface area contributed by atoms with E-state index >= 15 is 0 Å². The Labute approximate surface area is 111 Å². The molecule has 0 amide bonds. The lowest BCUT2D eigenvalue weighted by Crippen LogP contribution is -2.00. The standard InChI is InChI=1S/C11H10BrN3O3/c1-18-10-5-8(2-3-9(10)12)15-6-7(13-14-15)4-11(16)17/h2-3,5-6H,4H2,1H3,(H,16,17). The summed E-state index contributed by atoms with van der Waals surface area (Å²) in [6.45, 7) is 0. The predicted octanol–water partition coefficient (Wildman–Crippen LogP) is 1.67. The molecule has 0 atom stereocenters. The quantitative estimate of drug-likeness (QED) is 0.929. The summed E-state index contributed by atoms with van der Waals surface area (Å²) in [5.74, 6) is -0.266.